The number of esters is 2. The van der Waals surface area contributed by atoms with Crippen LogP contribution in [0.3, 0.4) is 0 Å². The predicted molar refractivity (Wildman–Crippen MR) is 116 cm³/mol. The van der Waals surface area contributed by atoms with E-state index in [9.17, 15) is 24.5 Å². The number of carbonyl (C=O) groups excluding carboxylic acids is 3. The first-order valence-electron chi connectivity index (χ1n) is 11.0. The summed E-state index contributed by atoms with van der Waals surface area (Å²) in [7, 11) is 0. The van der Waals surface area contributed by atoms with Crippen molar-refractivity contribution in [1.82, 2.24) is 9.96 Å². The Balaban J connectivity index is 3.36. The van der Waals surface area contributed by atoms with E-state index >= 15 is 0 Å². The fourth-order valence-electron chi connectivity index (χ4n) is 3.58. The van der Waals surface area contributed by atoms with Crippen LogP contribution in [0.4, 0.5) is 0 Å². The summed E-state index contributed by atoms with van der Waals surface area (Å²) in [5.41, 5.74) is -3.35. The molecule has 1 rings (SSSR count). The van der Waals surface area contributed by atoms with Crippen molar-refractivity contribution in [2.45, 2.75) is 97.1 Å². The van der Waals surface area contributed by atoms with Crippen molar-refractivity contribution < 1.29 is 38.6 Å². The second-order valence-electron chi connectivity index (χ2n) is 9.77. The van der Waals surface area contributed by atoms with E-state index in [2.05, 4.69) is 4.84 Å². The molecule has 0 N–H and O–H groups in total. The van der Waals surface area contributed by atoms with E-state index in [0.29, 0.717) is 6.41 Å². The molecule has 1 aliphatic heterocycles. The van der Waals surface area contributed by atoms with Gasteiger partial charge in [0, 0.05) is 25.9 Å². The fraction of sp³-hybridized carbons (Fsp3) is 0.857. The molecule has 1 atom stereocenters. The molecule has 1 aliphatic rings. The maximum atomic E-state index is 13.4. The Bertz CT molecular complexity index is 694. The van der Waals surface area contributed by atoms with E-state index in [0.717, 1.165) is 5.06 Å². The van der Waals surface area contributed by atoms with Crippen molar-refractivity contribution >= 4 is 18.3 Å². The topological polar surface area (TPSA) is 138 Å². The minimum Gasteiger partial charge on any atom is -0.463 e. The van der Waals surface area contributed by atoms with Crippen molar-refractivity contribution in [1.29, 1.82) is 0 Å². The molecule has 12 nitrogen and oxygen atoms in total. The molecule has 1 fully saturated rings. The molecule has 190 valence electrons. The summed E-state index contributed by atoms with van der Waals surface area (Å²) in [4.78, 5) is 60.9. The van der Waals surface area contributed by atoms with Gasteiger partial charge in [-0.05, 0) is 61.3 Å². The number of hydrogen-bond acceptors (Lipinski definition) is 10. The minimum absolute atomic E-state index is 0.0378. The molecule has 0 aromatic carbocycles. The highest BCUT2D eigenvalue weighted by molar-refractivity contribution is 5.83. The molecule has 1 heterocycles. The van der Waals surface area contributed by atoms with E-state index in [1.54, 1.807) is 53.4 Å². The highest BCUT2D eigenvalue weighted by Gasteiger charge is 2.53. The summed E-state index contributed by atoms with van der Waals surface area (Å²) in [5, 5.41) is 10.8. The number of nitrogens with zero attached hydrogens (tertiary/aromatic N) is 3. The van der Waals surface area contributed by atoms with Crippen LogP contribution in [-0.2, 0) is 33.5 Å². The molecule has 0 aliphatic carbocycles. The van der Waals surface area contributed by atoms with Crippen molar-refractivity contribution in [3.63, 3.8) is 0 Å². The maximum Gasteiger partial charge on any atom is 0.349 e. The normalized spacial score (nSPS) is 17.5. The summed E-state index contributed by atoms with van der Waals surface area (Å²) in [5.74, 6) is -1.32. The number of hydrogen-bond donors (Lipinski definition) is 0. The van der Waals surface area contributed by atoms with E-state index in [1.807, 2.05) is 0 Å². The van der Waals surface area contributed by atoms with Gasteiger partial charge in [0.2, 0.25) is 12.1 Å². The molecule has 33 heavy (non-hydrogen) atoms. The van der Waals surface area contributed by atoms with E-state index < -0.39 is 40.0 Å². The number of likely N-dealkylation sites (tertiary alicyclic amines) is 1. The maximum absolute atomic E-state index is 13.4. The van der Waals surface area contributed by atoms with Gasteiger partial charge in [-0.3, -0.25) is 19.3 Å². The summed E-state index contributed by atoms with van der Waals surface area (Å²) >= 11 is 0. The lowest BCUT2D eigenvalue weighted by atomic mass is 9.96. The standard InChI is InChI=1S/C21H37N3O9/c1-8-30-18(27)21(23(15-25)33-20(5,6)7,12-9-17(26)31-19(2,3)4)22-13-10-16(11-14-22)32-24(28)29/h15-16H,8-14H2,1-7H3/t21-/m0/s1. The second kappa shape index (κ2) is 11.6. The van der Waals surface area contributed by atoms with Crippen LogP contribution in [-0.4, -0.2) is 76.1 Å². The lowest BCUT2D eigenvalue weighted by Crippen LogP contribution is -2.68. The van der Waals surface area contributed by atoms with Crippen molar-refractivity contribution in [2.24, 2.45) is 0 Å². The summed E-state index contributed by atoms with van der Waals surface area (Å²) in [6.45, 7) is 12.3. The second-order valence-corrected chi connectivity index (χ2v) is 9.77. The Labute approximate surface area is 194 Å². The number of amides is 1. The molecule has 12 heteroatoms. The van der Waals surface area contributed by atoms with Crippen LogP contribution in [0.2, 0.25) is 0 Å². The fourth-order valence-corrected chi connectivity index (χ4v) is 3.58. The molecule has 0 bridgehead atoms. The van der Waals surface area contributed by atoms with Gasteiger partial charge in [0.15, 0.2) is 0 Å². The summed E-state index contributed by atoms with van der Waals surface area (Å²) < 4.78 is 10.7. The SMILES string of the molecule is CCOC(=O)[C@@](CCC(=O)OC(C)(C)C)(N1CCC(O[N+](=O)[O-])CC1)N(C=O)OC(C)(C)C. The van der Waals surface area contributed by atoms with Crippen LogP contribution in [0.15, 0.2) is 0 Å². The zero-order valence-corrected chi connectivity index (χ0v) is 20.6. The average Bonchev–Trinajstić information content (AvgIpc) is 2.66. The van der Waals surface area contributed by atoms with Crippen molar-refractivity contribution in [3.8, 4) is 0 Å². The summed E-state index contributed by atoms with van der Waals surface area (Å²) in [6.07, 6.45) is -0.143. The highest BCUT2D eigenvalue weighted by atomic mass is 17.0. The van der Waals surface area contributed by atoms with Gasteiger partial charge in [-0.1, -0.05) is 0 Å². The first-order chi connectivity index (χ1) is 15.1. The van der Waals surface area contributed by atoms with Gasteiger partial charge in [0.25, 0.3) is 5.09 Å². The van der Waals surface area contributed by atoms with Crippen LogP contribution in [0, 0.1) is 10.1 Å². The van der Waals surface area contributed by atoms with Gasteiger partial charge >= 0.3 is 11.9 Å². The van der Waals surface area contributed by atoms with Gasteiger partial charge in [-0.2, -0.15) is 5.06 Å². The Morgan fingerprint density at radius 1 is 1.12 bits per heavy atom. The van der Waals surface area contributed by atoms with E-state index in [-0.39, 0.29) is 45.4 Å². The Morgan fingerprint density at radius 2 is 1.70 bits per heavy atom. The van der Waals surface area contributed by atoms with Gasteiger partial charge in [-0.15, -0.1) is 10.1 Å². The molecular weight excluding hydrogens is 438 g/mol. The molecule has 0 spiro atoms. The van der Waals surface area contributed by atoms with Crippen molar-refractivity contribution in [2.75, 3.05) is 19.7 Å². The Kier molecular flexibility index (Phi) is 10.0. The lowest BCUT2D eigenvalue weighted by Gasteiger charge is -2.49. The number of hydroxylamine groups is 2. The number of rotatable bonds is 11. The molecule has 0 radical (unpaired) electrons. The first kappa shape index (κ1) is 28.6. The van der Waals surface area contributed by atoms with Gasteiger partial charge in [0.05, 0.1) is 12.2 Å². The van der Waals surface area contributed by atoms with Gasteiger partial charge < -0.3 is 14.3 Å². The van der Waals surface area contributed by atoms with Gasteiger partial charge in [-0.25, -0.2) is 4.79 Å². The first-order valence-corrected chi connectivity index (χ1v) is 11.0. The summed E-state index contributed by atoms with van der Waals surface area (Å²) in [6, 6.07) is 0. The predicted octanol–water partition coefficient (Wildman–Crippen LogP) is 2.23. The van der Waals surface area contributed by atoms with Crippen LogP contribution in [0.5, 0.6) is 0 Å². The van der Waals surface area contributed by atoms with Crippen LogP contribution in [0.25, 0.3) is 0 Å². The zero-order chi connectivity index (χ0) is 25.4. The van der Waals surface area contributed by atoms with Crippen LogP contribution < -0.4 is 0 Å². The van der Waals surface area contributed by atoms with Crippen molar-refractivity contribution in [3.05, 3.63) is 10.1 Å². The Hall–Kier alpha value is -2.47. The molecular formula is C21H37N3O9. The number of ether oxygens (including phenoxy) is 2. The third-order valence-electron chi connectivity index (χ3n) is 4.73. The monoisotopic (exact) mass is 475 g/mol. The molecule has 1 amide bonds. The largest absolute Gasteiger partial charge is 0.463 e. The average molecular weight is 476 g/mol. The zero-order valence-electron chi connectivity index (χ0n) is 20.6. The molecule has 0 saturated carbocycles. The quantitative estimate of drug-likeness (QED) is 0.189. The molecule has 0 aromatic rings. The van der Waals surface area contributed by atoms with E-state index in [1.165, 1.54) is 0 Å². The Morgan fingerprint density at radius 3 is 2.12 bits per heavy atom. The van der Waals surface area contributed by atoms with E-state index in [4.69, 9.17) is 14.3 Å². The number of carbonyl (C=O) groups is 3. The highest BCUT2D eigenvalue weighted by Crippen LogP contribution is 2.33. The third-order valence-corrected chi connectivity index (χ3v) is 4.73. The molecule has 0 aromatic heterocycles. The smallest absolute Gasteiger partial charge is 0.349 e. The van der Waals surface area contributed by atoms with Crippen LogP contribution in [0.1, 0.15) is 74.1 Å². The van der Waals surface area contributed by atoms with Crippen LogP contribution >= 0.6 is 0 Å². The lowest BCUT2D eigenvalue weighted by molar-refractivity contribution is -0.769. The number of piperidine rings is 1. The molecule has 0 unspecified atom stereocenters. The third kappa shape index (κ3) is 8.77. The van der Waals surface area contributed by atoms with Gasteiger partial charge in [0.1, 0.15) is 11.7 Å². The minimum atomic E-state index is -1.78. The molecule has 1 saturated heterocycles.